The first-order valence-corrected chi connectivity index (χ1v) is 13.0. The van der Waals surface area contributed by atoms with Crippen LogP contribution in [0, 0.1) is 12.7 Å². The van der Waals surface area contributed by atoms with Gasteiger partial charge in [-0.15, -0.1) is 0 Å². The second-order valence-electron chi connectivity index (χ2n) is 10.9. The summed E-state index contributed by atoms with van der Waals surface area (Å²) in [5, 5.41) is 11.1. The molecular formula is C31H33FN2O4. The van der Waals surface area contributed by atoms with Crippen molar-refractivity contribution in [2.45, 2.75) is 65.2 Å². The highest BCUT2D eigenvalue weighted by molar-refractivity contribution is 5.98. The molecule has 38 heavy (non-hydrogen) atoms. The van der Waals surface area contributed by atoms with E-state index in [9.17, 15) is 14.3 Å². The van der Waals surface area contributed by atoms with Crippen molar-refractivity contribution in [2.24, 2.45) is 0 Å². The van der Waals surface area contributed by atoms with Gasteiger partial charge >= 0.3 is 5.97 Å². The van der Waals surface area contributed by atoms with Crippen LogP contribution in [0.25, 0.3) is 22.2 Å². The Bertz CT molecular complexity index is 1500. The van der Waals surface area contributed by atoms with Crippen LogP contribution in [0.5, 0.6) is 5.75 Å². The number of aliphatic carboxylic acids is 1. The van der Waals surface area contributed by atoms with E-state index < -0.39 is 17.7 Å². The van der Waals surface area contributed by atoms with E-state index in [4.69, 9.17) is 14.5 Å². The number of hydrogen-bond donors (Lipinski definition) is 1. The van der Waals surface area contributed by atoms with Gasteiger partial charge < -0.3 is 19.1 Å². The number of pyridine rings is 1. The molecule has 7 heteroatoms. The molecule has 0 spiro atoms. The van der Waals surface area contributed by atoms with Crippen LogP contribution < -0.4 is 4.74 Å². The maximum Gasteiger partial charge on any atom is 0.337 e. The molecule has 2 aromatic carbocycles. The fourth-order valence-electron chi connectivity index (χ4n) is 5.25. The summed E-state index contributed by atoms with van der Waals surface area (Å²) in [5.74, 6) is -0.480. The molecule has 0 radical (unpaired) electrons. The predicted molar refractivity (Wildman–Crippen MR) is 145 cm³/mol. The standard InChI is InChI=1S/C31H33FN2O4/c1-18-26(28(30(35)36)38-31(3,4)5)27(22-10-13-25-21(17-22)7-6-16-37-25)24-14-15-34(29(24)33-18)19(2)20-8-11-23(32)12-9-20/h8-15,17,19,28H,6-7,16H2,1-5H3,(H,35,36)/t19-,28?/m0/s1. The Morgan fingerprint density at radius 1 is 1.16 bits per heavy atom. The molecule has 4 aromatic rings. The van der Waals surface area contributed by atoms with Gasteiger partial charge in [0, 0.05) is 28.4 Å². The first kappa shape index (κ1) is 25.9. The number of halogens is 1. The van der Waals surface area contributed by atoms with Crippen molar-refractivity contribution in [1.82, 2.24) is 9.55 Å². The largest absolute Gasteiger partial charge is 0.493 e. The molecular weight excluding hydrogens is 483 g/mol. The number of nitrogens with zero attached hydrogens (tertiary/aromatic N) is 2. The highest BCUT2D eigenvalue weighted by Crippen LogP contribution is 2.42. The monoisotopic (exact) mass is 516 g/mol. The first-order chi connectivity index (χ1) is 18.0. The molecule has 198 valence electrons. The van der Waals surface area contributed by atoms with Crippen LogP contribution in [0.4, 0.5) is 4.39 Å². The van der Waals surface area contributed by atoms with E-state index in [1.807, 2.05) is 63.6 Å². The molecule has 1 N–H and O–H groups in total. The number of hydrogen-bond acceptors (Lipinski definition) is 4. The molecule has 1 aliphatic rings. The summed E-state index contributed by atoms with van der Waals surface area (Å²) in [5.41, 5.74) is 4.91. The van der Waals surface area contributed by atoms with Gasteiger partial charge in [-0.1, -0.05) is 18.2 Å². The SMILES string of the molecule is Cc1nc2c(ccn2[C@@H](C)c2ccc(F)cc2)c(-c2ccc3c(c2)CCCO3)c1C(OC(C)(C)C)C(=O)O. The summed E-state index contributed by atoms with van der Waals surface area (Å²) in [4.78, 5) is 17.5. The van der Waals surface area contributed by atoms with Crippen LogP contribution in [0.15, 0.2) is 54.7 Å². The van der Waals surface area contributed by atoms with Crippen molar-refractivity contribution in [1.29, 1.82) is 0 Å². The fourth-order valence-corrected chi connectivity index (χ4v) is 5.25. The molecule has 0 saturated heterocycles. The molecule has 5 rings (SSSR count). The smallest absolute Gasteiger partial charge is 0.337 e. The van der Waals surface area contributed by atoms with Gasteiger partial charge in [-0.25, -0.2) is 14.2 Å². The number of ether oxygens (including phenoxy) is 2. The topological polar surface area (TPSA) is 73.6 Å². The zero-order chi connectivity index (χ0) is 27.2. The molecule has 3 heterocycles. The van der Waals surface area contributed by atoms with Gasteiger partial charge in [0.1, 0.15) is 17.2 Å². The van der Waals surface area contributed by atoms with Gasteiger partial charge in [0.15, 0.2) is 6.10 Å². The van der Waals surface area contributed by atoms with E-state index in [2.05, 4.69) is 6.07 Å². The van der Waals surface area contributed by atoms with Gasteiger partial charge in [-0.3, -0.25) is 0 Å². The molecule has 2 atom stereocenters. The summed E-state index contributed by atoms with van der Waals surface area (Å²) in [6, 6.07) is 14.4. The Labute approximate surface area is 222 Å². The molecule has 1 aliphatic heterocycles. The van der Waals surface area contributed by atoms with Crippen LogP contribution in [-0.4, -0.2) is 32.8 Å². The number of benzene rings is 2. The number of aromatic nitrogens is 2. The normalized spacial score (nSPS) is 15.1. The van der Waals surface area contributed by atoms with E-state index in [0.29, 0.717) is 17.9 Å². The van der Waals surface area contributed by atoms with Crippen molar-refractivity contribution >= 4 is 17.0 Å². The summed E-state index contributed by atoms with van der Waals surface area (Å²) in [6.07, 6.45) is 2.59. The minimum atomic E-state index is -1.20. The summed E-state index contributed by atoms with van der Waals surface area (Å²) < 4.78 is 27.6. The molecule has 0 saturated carbocycles. The summed E-state index contributed by atoms with van der Waals surface area (Å²) in [6.45, 7) is 10.1. The maximum absolute atomic E-state index is 13.6. The van der Waals surface area contributed by atoms with E-state index in [-0.39, 0.29) is 11.9 Å². The quantitative estimate of drug-likeness (QED) is 0.298. The average molecular weight is 517 g/mol. The molecule has 0 aliphatic carbocycles. The lowest BCUT2D eigenvalue weighted by Gasteiger charge is -2.28. The molecule has 6 nitrogen and oxygen atoms in total. The van der Waals surface area contributed by atoms with E-state index >= 15 is 0 Å². The number of carboxylic acid groups (broad SMARTS) is 1. The lowest BCUT2D eigenvalue weighted by atomic mass is 9.90. The van der Waals surface area contributed by atoms with Crippen LogP contribution in [-0.2, 0) is 16.0 Å². The number of carbonyl (C=O) groups is 1. The van der Waals surface area contributed by atoms with Crippen molar-refractivity contribution < 1.29 is 23.8 Å². The minimum absolute atomic E-state index is 0.114. The lowest BCUT2D eigenvalue weighted by Crippen LogP contribution is -2.28. The van der Waals surface area contributed by atoms with E-state index in [1.54, 1.807) is 12.1 Å². The molecule has 0 fully saturated rings. The molecule has 0 bridgehead atoms. The van der Waals surface area contributed by atoms with Crippen LogP contribution in [0.3, 0.4) is 0 Å². The molecule has 0 amide bonds. The van der Waals surface area contributed by atoms with Gasteiger partial charge in [0.25, 0.3) is 0 Å². The Kier molecular flexibility index (Phi) is 6.73. The van der Waals surface area contributed by atoms with Crippen LogP contribution in [0.2, 0.25) is 0 Å². The Morgan fingerprint density at radius 3 is 2.58 bits per heavy atom. The van der Waals surface area contributed by atoms with Gasteiger partial charge in [-0.05, 0) is 94.5 Å². The van der Waals surface area contributed by atoms with Gasteiger partial charge in [0.05, 0.1) is 18.2 Å². The maximum atomic E-state index is 13.6. The number of rotatable bonds is 6. The zero-order valence-corrected chi connectivity index (χ0v) is 22.4. The van der Waals surface area contributed by atoms with E-state index in [1.165, 1.54) is 12.1 Å². The number of aryl methyl sites for hydroxylation is 2. The number of carboxylic acids is 1. The minimum Gasteiger partial charge on any atom is -0.493 e. The first-order valence-electron chi connectivity index (χ1n) is 13.0. The van der Waals surface area contributed by atoms with Crippen molar-refractivity contribution in [3.63, 3.8) is 0 Å². The van der Waals surface area contributed by atoms with Crippen molar-refractivity contribution in [3.05, 3.63) is 82.9 Å². The van der Waals surface area contributed by atoms with Crippen LogP contribution >= 0.6 is 0 Å². The third-order valence-electron chi connectivity index (χ3n) is 7.01. The molecule has 1 unspecified atom stereocenters. The van der Waals surface area contributed by atoms with Gasteiger partial charge in [-0.2, -0.15) is 0 Å². The fraction of sp³-hybridized carbons (Fsp3) is 0.355. The Morgan fingerprint density at radius 2 is 1.89 bits per heavy atom. The van der Waals surface area contributed by atoms with Crippen LogP contribution in [0.1, 0.15) is 68.6 Å². The van der Waals surface area contributed by atoms with Crippen molar-refractivity contribution in [3.8, 4) is 16.9 Å². The van der Waals surface area contributed by atoms with E-state index in [0.717, 1.165) is 51.9 Å². The Hall–Kier alpha value is -3.71. The summed E-state index contributed by atoms with van der Waals surface area (Å²) >= 11 is 0. The van der Waals surface area contributed by atoms with Crippen molar-refractivity contribution in [2.75, 3.05) is 6.61 Å². The molecule has 2 aromatic heterocycles. The third kappa shape index (κ3) is 4.90. The second kappa shape index (κ2) is 9.87. The summed E-state index contributed by atoms with van der Waals surface area (Å²) in [7, 11) is 0. The third-order valence-corrected chi connectivity index (χ3v) is 7.01. The predicted octanol–water partition coefficient (Wildman–Crippen LogP) is 7.03. The Balaban J connectivity index is 1.76. The highest BCUT2D eigenvalue weighted by atomic mass is 19.1. The highest BCUT2D eigenvalue weighted by Gasteiger charge is 2.33. The lowest BCUT2D eigenvalue weighted by molar-refractivity contribution is -0.160. The number of fused-ring (bicyclic) bond motifs is 2. The van der Waals surface area contributed by atoms with Gasteiger partial charge in [0.2, 0.25) is 0 Å². The zero-order valence-electron chi connectivity index (χ0n) is 22.4. The second-order valence-corrected chi connectivity index (χ2v) is 10.9. The average Bonchev–Trinajstić information content (AvgIpc) is 3.29.